The average molecular weight is 405 g/mol. The maximum Gasteiger partial charge on any atom is 0.262 e. The van der Waals surface area contributed by atoms with Crippen LogP contribution in [-0.4, -0.2) is 36.1 Å². The zero-order valence-electron chi connectivity index (χ0n) is 15.3. The molecule has 7 heteroatoms. The van der Waals surface area contributed by atoms with Gasteiger partial charge in [-0.3, -0.25) is 9.36 Å². The van der Waals surface area contributed by atoms with Crippen molar-refractivity contribution in [2.45, 2.75) is 18.1 Å². The van der Waals surface area contributed by atoms with Crippen LogP contribution in [0.4, 0.5) is 0 Å². The molecule has 0 spiro atoms. The number of hydrogen-bond acceptors (Lipinski definition) is 5. The topological polar surface area (TPSA) is 53.4 Å². The Balaban J connectivity index is 1.83. The number of halogens is 1. The van der Waals surface area contributed by atoms with Gasteiger partial charge in [-0.1, -0.05) is 35.5 Å². The molecule has 0 aliphatic heterocycles. The summed E-state index contributed by atoms with van der Waals surface area (Å²) >= 11 is 7.63. The Morgan fingerprint density at radius 1 is 1.15 bits per heavy atom. The van der Waals surface area contributed by atoms with Crippen LogP contribution in [0.5, 0.6) is 5.75 Å². The number of thioether (sulfide) groups is 1. The van der Waals surface area contributed by atoms with Gasteiger partial charge in [0.1, 0.15) is 5.75 Å². The van der Waals surface area contributed by atoms with E-state index in [1.54, 1.807) is 48.7 Å². The van der Waals surface area contributed by atoms with E-state index in [0.29, 0.717) is 34.2 Å². The molecule has 0 atom stereocenters. The molecule has 2 aromatic carbocycles. The molecule has 0 amide bonds. The molecule has 27 heavy (non-hydrogen) atoms. The van der Waals surface area contributed by atoms with Crippen LogP contribution in [0, 0.1) is 0 Å². The molecule has 0 saturated carbocycles. The van der Waals surface area contributed by atoms with Gasteiger partial charge in [-0.05, 0) is 42.3 Å². The van der Waals surface area contributed by atoms with Crippen LogP contribution in [0.15, 0.2) is 52.4 Å². The van der Waals surface area contributed by atoms with E-state index < -0.39 is 0 Å². The molecular formula is C20H21ClN2O3S. The van der Waals surface area contributed by atoms with Crippen molar-refractivity contribution < 1.29 is 9.47 Å². The van der Waals surface area contributed by atoms with Crippen molar-refractivity contribution in [2.24, 2.45) is 0 Å². The van der Waals surface area contributed by atoms with E-state index >= 15 is 0 Å². The van der Waals surface area contributed by atoms with Gasteiger partial charge in [0.05, 0.1) is 31.2 Å². The highest BCUT2D eigenvalue weighted by atomic mass is 35.5. The van der Waals surface area contributed by atoms with Gasteiger partial charge in [-0.15, -0.1) is 0 Å². The van der Waals surface area contributed by atoms with Crippen molar-refractivity contribution in [3.05, 3.63) is 63.4 Å². The quantitative estimate of drug-likeness (QED) is 0.419. The summed E-state index contributed by atoms with van der Waals surface area (Å²) in [7, 11) is 3.28. The maximum atomic E-state index is 12.9. The number of benzene rings is 2. The van der Waals surface area contributed by atoms with Crippen LogP contribution < -0.4 is 10.3 Å². The van der Waals surface area contributed by atoms with Gasteiger partial charge >= 0.3 is 0 Å². The van der Waals surface area contributed by atoms with Gasteiger partial charge in [-0.2, -0.15) is 0 Å². The van der Waals surface area contributed by atoms with Crippen LogP contribution in [0.1, 0.15) is 5.56 Å². The zero-order chi connectivity index (χ0) is 19.2. The number of aromatic nitrogens is 2. The monoisotopic (exact) mass is 404 g/mol. The third kappa shape index (κ3) is 4.83. The molecule has 0 radical (unpaired) electrons. The summed E-state index contributed by atoms with van der Waals surface area (Å²) in [5, 5.41) is 1.81. The summed E-state index contributed by atoms with van der Waals surface area (Å²) < 4.78 is 12.0. The maximum absolute atomic E-state index is 12.9. The number of hydrogen-bond donors (Lipinski definition) is 0. The molecular weight excluding hydrogens is 384 g/mol. The molecule has 0 unspecified atom stereocenters. The highest BCUT2D eigenvalue weighted by molar-refractivity contribution is 7.99. The molecule has 0 N–H and O–H groups in total. The average Bonchev–Trinajstić information content (AvgIpc) is 2.68. The predicted octanol–water partition coefficient (Wildman–Crippen LogP) is 4.04. The fourth-order valence-corrected chi connectivity index (χ4v) is 3.90. The van der Waals surface area contributed by atoms with E-state index in [1.807, 2.05) is 24.3 Å². The molecule has 3 aromatic rings. The van der Waals surface area contributed by atoms with Crippen molar-refractivity contribution in [2.75, 3.05) is 26.6 Å². The fraction of sp³-hybridized carbons (Fsp3) is 0.300. The lowest BCUT2D eigenvalue weighted by Crippen LogP contribution is -2.25. The van der Waals surface area contributed by atoms with Crippen molar-refractivity contribution in [1.29, 1.82) is 0 Å². The first-order valence-electron chi connectivity index (χ1n) is 8.57. The smallest absolute Gasteiger partial charge is 0.262 e. The molecule has 0 bridgehead atoms. The summed E-state index contributed by atoms with van der Waals surface area (Å²) in [6, 6.07) is 13.2. The molecule has 0 aliphatic carbocycles. The van der Waals surface area contributed by atoms with E-state index in [2.05, 4.69) is 4.98 Å². The summed E-state index contributed by atoms with van der Waals surface area (Å²) in [5.41, 5.74) is 1.76. The molecule has 1 aromatic heterocycles. The second-order valence-electron chi connectivity index (χ2n) is 5.95. The largest absolute Gasteiger partial charge is 0.497 e. The highest BCUT2D eigenvalue weighted by Gasteiger charge is 2.12. The molecule has 5 nitrogen and oxygen atoms in total. The van der Waals surface area contributed by atoms with Gasteiger partial charge < -0.3 is 9.47 Å². The van der Waals surface area contributed by atoms with Crippen LogP contribution in [0.3, 0.4) is 0 Å². The highest BCUT2D eigenvalue weighted by Crippen LogP contribution is 2.22. The van der Waals surface area contributed by atoms with E-state index in [9.17, 15) is 4.79 Å². The van der Waals surface area contributed by atoms with Crippen LogP contribution in [-0.2, 0) is 17.7 Å². The lowest BCUT2D eigenvalue weighted by molar-refractivity contribution is 0.183. The van der Waals surface area contributed by atoms with Gasteiger partial charge in [-0.25, -0.2) is 4.98 Å². The predicted molar refractivity (Wildman–Crippen MR) is 110 cm³/mol. The lowest BCUT2D eigenvalue weighted by atomic mass is 10.2. The number of ether oxygens (including phenoxy) is 2. The Bertz CT molecular complexity index is 973. The Kier molecular flexibility index (Phi) is 6.77. The van der Waals surface area contributed by atoms with Crippen LogP contribution in [0.2, 0.25) is 5.02 Å². The standard InChI is InChI=1S/C20H21ClN2O3S/c1-25-11-10-23-19(24)17-8-5-15(21)13-18(17)22-20(23)27-12-9-14-3-6-16(26-2)7-4-14/h3-8,13H,9-12H2,1-2H3. The number of nitrogens with zero attached hydrogens (tertiary/aromatic N) is 2. The van der Waals surface area contributed by atoms with Gasteiger partial charge in [0.2, 0.25) is 0 Å². The zero-order valence-corrected chi connectivity index (χ0v) is 16.8. The van der Waals surface area contributed by atoms with Crippen molar-refractivity contribution in [3.8, 4) is 5.75 Å². The van der Waals surface area contributed by atoms with E-state index in [1.165, 1.54) is 5.56 Å². The van der Waals surface area contributed by atoms with Crippen LogP contribution >= 0.6 is 23.4 Å². The van der Waals surface area contributed by atoms with E-state index in [0.717, 1.165) is 17.9 Å². The van der Waals surface area contributed by atoms with Gasteiger partial charge in [0.25, 0.3) is 5.56 Å². The normalized spacial score (nSPS) is 11.1. The minimum atomic E-state index is -0.0688. The van der Waals surface area contributed by atoms with E-state index in [4.69, 9.17) is 21.1 Å². The second-order valence-corrected chi connectivity index (χ2v) is 7.45. The number of aryl methyl sites for hydroxylation is 1. The molecule has 1 heterocycles. The Morgan fingerprint density at radius 2 is 1.93 bits per heavy atom. The number of rotatable bonds is 8. The third-order valence-electron chi connectivity index (χ3n) is 4.18. The summed E-state index contributed by atoms with van der Waals surface area (Å²) in [5.74, 6) is 1.64. The summed E-state index contributed by atoms with van der Waals surface area (Å²) in [4.78, 5) is 17.5. The summed E-state index contributed by atoms with van der Waals surface area (Å²) in [6.07, 6.45) is 0.863. The fourth-order valence-electron chi connectivity index (χ4n) is 2.72. The van der Waals surface area contributed by atoms with E-state index in [-0.39, 0.29) is 5.56 Å². The number of methoxy groups -OCH3 is 2. The first-order chi connectivity index (χ1) is 13.1. The van der Waals surface area contributed by atoms with Crippen molar-refractivity contribution >= 4 is 34.3 Å². The number of fused-ring (bicyclic) bond motifs is 1. The van der Waals surface area contributed by atoms with Crippen molar-refractivity contribution in [3.63, 3.8) is 0 Å². The molecule has 142 valence electrons. The molecule has 3 rings (SSSR count). The first-order valence-corrected chi connectivity index (χ1v) is 9.93. The first kappa shape index (κ1) is 19.7. The Morgan fingerprint density at radius 3 is 2.63 bits per heavy atom. The third-order valence-corrected chi connectivity index (χ3v) is 5.40. The molecule has 0 saturated heterocycles. The SMILES string of the molecule is COCCn1c(SCCc2ccc(OC)cc2)nc2cc(Cl)ccc2c1=O. The minimum Gasteiger partial charge on any atom is -0.497 e. The van der Waals surface area contributed by atoms with Gasteiger partial charge in [0, 0.05) is 17.9 Å². The Hall–Kier alpha value is -2.02. The lowest BCUT2D eigenvalue weighted by Gasteiger charge is -2.13. The van der Waals surface area contributed by atoms with Gasteiger partial charge in [0.15, 0.2) is 5.16 Å². The Labute approximate surface area is 167 Å². The van der Waals surface area contributed by atoms with Crippen molar-refractivity contribution in [1.82, 2.24) is 9.55 Å². The second kappa shape index (κ2) is 9.26. The minimum absolute atomic E-state index is 0.0688. The molecule has 0 aliphatic rings. The van der Waals surface area contributed by atoms with Crippen LogP contribution in [0.25, 0.3) is 10.9 Å². The molecule has 0 fully saturated rings. The summed E-state index contributed by atoms with van der Waals surface area (Å²) in [6.45, 7) is 0.915.